The van der Waals surface area contributed by atoms with E-state index >= 15 is 0 Å². The number of hydrogen-bond acceptors (Lipinski definition) is 5. The molecule has 7 nitrogen and oxygen atoms in total. The van der Waals surface area contributed by atoms with Gasteiger partial charge in [-0.3, -0.25) is 14.4 Å². The molecular weight excluding hydrogens is 428 g/mol. The number of rotatable bonds is 9. The first kappa shape index (κ1) is 21.4. The number of nitrogens with one attached hydrogen (secondary N) is 2. The third-order valence-corrected chi connectivity index (χ3v) is 4.23. The van der Waals surface area contributed by atoms with E-state index in [1.165, 1.54) is 0 Å². The van der Waals surface area contributed by atoms with Crippen LogP contribution < -0.4 is 15.4 Å². The Balaban J connectivity index is 1.62. The Hall–Kier alpha value is -2.87. The van der Waals surface area contributed by atoms with Gasteiger partial charge in [0.05, 0.1) is 7.11 Å². The summed E-state index contributed by atoms with van der Waals surface area (Å²) in [6.07, 6.45) is 0.645. The van der Waals surface area contributed by atoms with Crippen LogP contribution in [0.1, 0.15) is 15.9 Å². The lowest BCUT2D eigenvalue weighted by Crippen LogP contribution is -2.34. The van der Waals surface area contributed by atoms with E-state index in [0.717, 1.165) is 15.8 Å². The van der Waals surface area contributed by atoms with Crippen molar-refractivity contribution in [1.29, 1.82) is 0 Å². The van der Waals surface area contributed by atoms with Crippen molar-refractivity contribution in [3.05, 3.63) is 64.1 Å². The Kier molecular flexibility index (Phi) is 8.48. The van der Waals surface area contributed by atoms with Crippen LogP contribution in [0.2, 0.25) is 0 Å². The highest BCUT2D eigenvalue weighted by Gasteiger charge is 2.11. The van der Waals surface area contributed by atoms with E-state index < -0.39 is 24.4 Å². The maximum Gasteiger partial charge on any atom is 0.325 e. The smallest absolute Gasteiger partial charge is 0.325 e. The van der Waals surface area contributed by atoms with E-state index in [9.17, 15) is 14.4 Å². The second-order valence-electron chi connectivity index (χ2n) is 5.80. The van der Waals surface area contributed by atoms with Crippen molar-refractivity contribution in [3.8, 4) is 5.75 Å². The summed E-state index contributed by atoms with van der Waals surface area (Å²) < 4.78 is 10.7. The maximum atomic E-state index is 11.9. The molecule has 0 atom stereocenters. The zero-order valence-electron chi connectivity index (χ0n) is 15.4. The van der Waals surface area contributed by atoms with E-state index in [1.807, 2.05) is 24.3 Å². The molecule has 0 aromatic heterocycles. The molecule has 28 heavy (non-hydrogen) atoms. The van der Waals surface area contributed by atoms with Crippen LogP contribution in [0, 0.1) is 0 Å². The zero-order chi connectivity index (χ0) is 20.4. The van der Waals surface area contributed by atoms with Gasteiger partial charge < -0.3 is 20.1 Å². The lowest BCUT2D eigenvalue weighted by atomic mass is 10.1. The predicted octanol–water partition coefficient (Wildman–Crippen LogP) is 2.09. The Morgan fingerprint density at radius 1 is 1.04 bits per heavy atom. The molecule has 0 aliphatic carbocycles. The predicted molar refractivity (Wildman–Crippen MR) is 107 cm³/mol. The molecule has 8 heteroatoms. The minimum atomic E-state index is -0.686. The van der Waals surface area contributed by atoms with Crippen molar-refractivity contribution in [3.63, 3.8) is 0 Å². The van der Waals surface area contributed by atoms with Crippen molar-refractivity contribution >= 4 is 33.7 Å². The van der Waals surface area contributed by atoms with E-state index in [2.05, 4.69) is 26.6 Å². The lowest BCUT2D eigenvalue weighted by Gasteiger charge is -2.08. The van der Waals surface area contributed by atoms with Gasteiger partial charge in [0, 0.05) is 16.6 Å². The molecule has 0 saturated carbocycles. The second-order valence-corrected chi connectivity index (χ2v) is 6.72. The van der Waals surface area contributed by atoms with E-state index in [-0.39, 0.29) is 6.54 Å². The van der Waals surface area contributed by atoms with Gasteiger partial charge in [-0.15, -0.1) is 0 Å². The number of carbonyl (C=O) groups is 3. The summed E-state index contributed by atoms with van der Waals surface area (Å²) >= 11 is 3.27. The fourth-order valence-corrected chi connectivity index (χ4v) is 2.67. The average molecular weight is 449 g/mol. The van der Waals surface area contributed by atoms with Crippen LogP contribution in [0.5, 0.6) is 5.75 Å². The molecule has 2 N–H and O–H groups in total. The highest BCUT2D eigenvalue weighted by molar-refractivity contribution is 9.10. The monoisotopic (exact) mass is 448 g/mol. The van der Waals surface area contributed by atoms with Gasteiger partial charge in [0.1, 0.15) is 12.3 Å². The fraction of sp³-hybridized carbons (Fsp3) is 0.250. The molecule has 2 aromatic carbocycles. The molecule has 0 aliphatic rings. The van der Waals surface area contributed by atoms with Gasteiger partial charge in [-0.05, 0) is 42.3 Å². The minimum absolute atomic E-state index is 0.315. The number of benzene rings is 2. The molecular formula is C20H21BrN2O5. The van der Waals surface area contributed by atoms with Crippen LogP contribution in [0.4, 0.5) is 0 Å². The van der Waals surface area contributed by atoms with Crippen LogP contribution in [-0.2, 0) is 20.7 Å². The first-order valence-electron chi connectivity index (χ1n) is 8.57. The molecule has 0 fully saturated rings. The van der Waals surface area contributed by atoms with Gasteiger partial charge in [-0.2, -0.15) is 0 Å². The van der Waals surface area contributed by atoms with E-state index in [1.54, 1.807) is 31.4 Å². The van der Waals surface area contributed by atoms with Crippen LogP contribution >= 0.6 is 15.9 Å². The first-order chi connectivity index (χ1) is 13.5. The minimum Gasteiger partial charge on any atom is -0.497 e. The third kappa shape index (κ3) is 7.40. The highest BCUT2D eigenvalue weighted by Crippen LogP contribution is 2.12. The zero-order valence-corrected chi connectivity index (χ0v) is 17.0. The van der Waals surface area contributed by atoms with Crippen LogP contribution in [-0.4, -0.2) is 44.6 Å². The molecule has 0 saturated heterocycles. The van der Waals surface area contributed by atoms with Crippen molar-refractivity contribution in [2.75, 3.05) is 26.8 Å². The molecule has 0 bridgehead atoms. The summed E-state index contributed by atoms with van der Waals surface area (Å²) in [5.74, 6) is -0.720. The standard InChI is InChI=1S/C20H21BrN2O5/c1-27-17-7-5-14(6-8-17)9-10-22-18(24)13-28-19(25)12-23-20(26)15-3-2-4-16(21)11-15/h2-8,11H,9-10,12-13H2,1H3,(H,22,24)(H,23,26). The summed E-state index contributed by atoms with van der Waals surface area (Å²) in [4.78, 5) is 35.3. The van der Waals surface area contributed by atoms with Crippen LogP contribution in [0.25, 0.3) is 0 Å². The molecule has 0 aliphatic heterocycles. The molecule has 148 valence electrons. The maximum absolute atomic E-state index is 11.9. The van der Waals surface area contributed by atoms with Crippen LogP contribution in [0.3, 0.4) is 0 Å². The Morgan fingerprint density at radius 3 is 2.46 bits per heavy atom. The Labute approximate surface area is 171 Å². The lowest BCUT2D eigenvalue weighted by molar-refractivity contribution is -0.147. The van der Waals surface area contributed by atoms with E-state index in [0.29, 0.717) is 18.5 Å². The number of amides is 2. The quantitative estimate of drug-likeness (QED) is 0.572. The Bertz CT molecular complexity index is 824. The van der Waals surface area contributed by atoms with Gasteiger partial charge in [-0.1, -0.05) is 34.1 Å². The normalized spacial score (nSPS) is 10.1. The molecule has 0 radical (unpaired) electrons. The van der Waals surface area contributed by atoms with Crippen molar-refractivity contribution in [2.45, 2.75) is 6.42 Å². The summed E-state index contributed by atoms with van der Waals surface area (Å²) in [7, 11) is 1.60. The summed E-state index contributed by atoms with van der Waals surface area (Å²) in [6.45, 7) is -0.291. The number of halogens is 1. The van der Waals surface area contributed by atoms with Gasteiger partial charge in [0.25, 0.3) is 11.8 Å². The van der Waals surface area contributed by atoms with Crippen molar-refractivity contribution < 1.29 is 23.9 Å². The Morgan fingerprint density at radius 2 is 1.79 bits per heavy atom. The largest absolute Gasteiger partial charge is 0.497 e. The molecule has 0 spiro atoms. The van der Waals surface area contributed by atoms with Gasteiger partial charge in [0.2, 0.25) is 0 Å². The summed E-state index contributed by atoms with van der Waals surface area (Å²) in [6, 6.07) is 14.3. The topological polar surface area (TPSA) is 93.7 Å². The number of ether oxygens (including phenoxy) is 2. The number of hydrogen-bond donors (Lipinski definition) is 2. The van der Waals surface area contributed by atoms with Crippen molar-refractivity contribution in [2.24, 2.45) is 0 Å². The van der Waals surface area contributed by atoms with Gasteiger partial charge in [0.15, 0.2) is 6.61 Å². The third-order valence-electron chi connectivity index (χ3n) is 3.74. The number of esters is 1. The van der Waals surface area contributed by atoms with E-state index in [4.69, 9.17) is 9.47 Å². The molecule has 2 rings (SSSR count). The molecule has 2 aromatic rings. The van der Waals surface area contributed by atoms with Crippen molar-refractivity contribution in [1.82, 2.24) is 10.6 Å². The second kappa shape index (κ2) is 11.1. The fourth-order valence-electron chi connectivity index (χ4n) is 2.27. The number of carbonyl (C=O) groups excluding carboxylic acids is 3. The summed E-state index contributed by atoms with van der Waals surface area (Å²) in [5, 5.41) is 5.12. The summed E-state index contributed by atoms with van der Waals surface area (Å²) in [5.41, 5.74) is 1.46. The molecule has 0 heterocycles. The number of methoxy groups -OCH3 is 1. The van der Waals surface area contributed by atoms with Gasteiger partial charge in [-0.25, -0.2) is 0 Å². The van der Waals surface area contributed by atoms with Crippen LogP contribution in [0.15, 0.2) is 53.0 Å². The highest BCUT2D eigenvalue weighted by atomic mass is 79.9. The molecule has 0 unspecified atom stereocenters. The first-order valence-corrected chi connectivity index (χ1v) is 9.36. The van der Waals surface area contributed by atoms with Gasteiger partial charge >= 0.3 is 5.97 Å². The molecule has 2 amide bonds. The SMILES string of the molecule is COc1ccc(CCNC(=O)COC(=O)CNC(=O)c2cccc(Br)c2)cc1. The average Bonchev–Trinajstić information content (AvgIpc) is 2.71.